The van der Waals surface area contributed by atoms with Crippen LogP contribution in [0.25, 0.3) is 0 Å². The smallest absolute Gasteiger partial charge is 0.388 e. The Kier molecular flexibility index (Phi) is 8.48. The molecule has 0 aromatic carbocycles. The topological polar surface area (TPSA) is 123 Å². The van der Waals surface area contributed by atoms with E-state index in [0.717, 1.165) is 0 Å². The van der Waals surface area contributed by atoms with Gasteiger partial charge >= 0.3 is 12.6 Å². The molecule has 12 heteroatoms. The summed E-state index contributed by atoms with van der Waals surface area (Å²) in [6.07, 6.45) is 1.21. The zero-order valence-corrected chi connectivity index (χ0v) is 23.3. The molecule has 4 rings (SSSR count). The Bertz CT molecular complexity index is 1220. The molecule has 2 aliphatic rings. The van der Waals surface area contributed by atoms with E-state index in [-0.39, 0.29) is 24.2 Å². The quantitative estimate of drug-likeness (QED) is 0.482. The van der Waals surface area contributed by atoms with E-state index in [1.807, 2.05) is 20.8 Å². The lowest BCUT2D eigenvalue weighted by atomic mass is 9.72. The number of methoxy groups -OCH3 is 1. The van der Waals surface area contributed by atoms with Crippen molar-refractivity contribution < 1.29 is 37.7 Å². The summed E-state index contributed by atoms with van der Waals surface area (Å²) < 4.78 is 41.3. The number of amides is 1. The van der Waals surface area contributed by atoms with Crippen LogP contribution >= 0.6 is 0 Å². The predicted molar refractivity (Wildman–Crippen MR) is 141 cm³/mol. The summed E-state index contributed by atoms with van der Waals surface area (Å²) in [5, 5.41) is 13.9. The lowest BCUT2D eigenvalue weighted by Gasteiger charge is -2.40. The van der Waals surface area contributed by atoms with Crippen molar-refractivity contribution in [1.29, 1.82) is 0 Å². The van der Waals surface area contributed by atoms with E-state index in [1.54, 1.807) is 31.2 Å². The Morgan fingerprint density at radius 3 is 2.48 bits per heavy atom. The van der Waals surface area contributed by atoms with Crippen LogP contribution in [0.1, 0.15) is 52.3 Å². The third-order valence-electron chi connectivity index (χ3n) is 7.61. The zero-order valence-electron chi connectivity index (χ0n) is 23.3. The van der Waals surface area contributed by atoms with Crippen LogP contribution in [0.15, 0.2) is 36.4 Å². The highest BCUT2D eigenvalue weighted by molar-refractivity contribution is 5.89. The van der Waals surface area contributed by atoms with Crippen LogP contribution in [0.3, 0.4) is 0 Å². The van der Waals surface area contributed by atoms with Gasteiger partial charge in [0.15, 0.2) is 0 Å². The Balaban J connectivity index is 1.90. The summed E-state index contributed by atoms with van der Waals surface area (Å²) in [4.78, 5) is 37.6. The van der Waals surface area contributed by atoms with Gasteiger partial charge in [0.1, 0.15) is 11.9 Å². The first-order valence-corrected chi connectivity index (χ1v) is 13.2. The number of likely N-dealkylation sites (tertiary alicyclic amines) is 1. The molecule has 40 heavy (non-hydrogen) atoms. The second-order valence-corrected chi connectivity index (χ2v) is 11.6. The van der Waals surface area contributed by atoms with Gasteiger partial charge in [-0.25, -0.2) is 9.78 Å². The van der Waals surface area contributed by atoms with Gasteiger partial charge in [-0.15, -0.1) is 0 Å². The number of carbonyl (C=O) groups is 2. The maximum Gasteiger partial charge on any atom is 0.388 e. The second kappa shape index (κ2) is 11.5. The van der Waals surface area contributed by atoms with Gasteiger partial charge in [0.2, 0.25) is 17.7 Å². The van der Waals surface area contributed by atoms with Gasteiger partial charge in [-0.3, -0.25) is 4.79 Å². The molecule has 2 aromatic heterocycles. The number of rotatable bonds is 8. The van der Waals surface area contributed by atoms with E-state index in [2.05, 4.69) is 20.0 Å². The number of hydrogen-bond acceptors (Lipinski definition) is 8. The van der Waals surface area contributed by atoms with E-state index in [4.69, 9.17) is 9.47 Å². The molecule has 5 atom stereocenters. The molecule has 2 N–H and O–H groups in total. The number of nitrogens with zero attached hydrogens (tertiary/aromatic N) is 3. The number of nitrogens with one attached hydrogen (secondary N) is 1. The highest BCUT2D eigenvalue weighted by atomic mass is 19.3. The summed E-state index contributed by atoms with van der Waals surface area (Å²) in [6, 6.07) is 6.65. The van der Waals surface area contributed by atoms with E-state index < -0.39 is 47.5 Å². The standard InChI is InChI=1S/C28H36F2N4O6/c1-27(2,3)20-21(33-17-10-7-12-19(32-17)40-26(29)30)22(16-9-6-11-18(31-16)38-5)34(23(20)24(35)36)25(37)28(4)13-8-14-39-15-28/h6-7,9-12,20-23,26H,8,13-15H2,1-5H3,(H,32,33)(H,35,36). The van der Waals surface area contributed by atoms with Gasteiger partial charge in [-0.1, -0.05) is 32.9 Å². The average Bonchev–Trinajstić information content (AvgIpc) is 3.24. The third kappa shape index (κ3) is 5.96. The third-order valence-corrected chi connectivity index (χ3v) is 7.61. The van der Waals surface area contributed by atoms with E-state index in [0.29, 0.717) is 31.0 Å². The van der Waals surface area contributed by atoms with Crippen molar-refractivity contribution in [2.24, 2.45) is 16.7 Å². The number of aliphatic carboxylic acids is 1. The van der Waals surface area contributed by atoms with Crippen LogP contribution < -0.4 is 14.8 Å². The molecular weight excluding hydrogens is 526 g/mol. The summed E-state index contributed by atoms with van der Waals surface area (Å²) >= 11 is 0. The molecule has 2 saturated heterocycles. The molecule has 2 aliphatic heterocycles. The summed E-state index contributed by atoms with van der Waals surface area (Å²) in [5.41, 5.74) is -1.15. The van der Waals surface area contributed by atoms with Crippen molar-refractivity contribution in [3.8, 4) is 11.8 Å². The number of carbonyl (C=O) groups excluding carboxylic acids is 1. The largest absolute Gasteiger partial charge is 0.481 e. The molecule has 5 unspecified atom stereocenters. The Hall–Kier alpha value is -3.54. The molecule has 1 amide bonds. The van der Waals surface area contributed by atoms with Crippen LogP contribution in [0.5, 0.6) is 11.8 Å². The van der Waals surface area contributed by atoms with Crippen molar-refractivity contribution in [1.82, 2.24) is 14.9 Å². The number of alkyl halides is 2. The molecule has 10 nitrogen and oxygen atoms in total. The molecule has 0 radical (unpaired) electrons. The SMILES string of the molecule is COc1cccc(C2C(Nc3cccc(OC(F)F)n3)C(C(C)(C)C)C(C(=O)O)N2C(=O)C2(C)CCCOC2)n1. The van der Waals surface area contributed by atoms with Crippen LogP contribution in [0.2, 0.25) is 0 Å². The molecule has 0 aliphatic carbocycles. The maximum atomic E-state index is 14.4. The average molecular weight is 563 g/mol. The van der Waals surface area contributed by atoms with Crippen LogP contribution in [-0.2, 0) is 14.3 Å². The summed E-state index contributed by atoms with van der Waals surface area (Å²) in [7, 11) is 1.47. The number of aromatic nitrogens is 2. The van der Waals surface area contributed by atoms with Crippen molar-refractivity contribution >= 4 is 17.7 Å². The first-order chi connectivity index (χ1) is 18.9. The Labute approximate surface area is 232 Å². The number of hydrogen-bond donors (Lipinski definition) is 2. The lowest BCUT2D eigenvalue weighted by Crippen LogP contribution is -2.53. The number of halogens is 2. The van der Waals surface area contributed by atoms with E-state index in [1.165, 1.54) is 24.1 Å². The highest BCUT2D eigenvalue weighted by Crippen LogP contribution is 2.50. The summed E-state index contributed by atoms with van der Waals surface area (Å²) in [5.74, 6) is -1.97. The fraction of sp³-hybridized carbons (Fsp3) is 0.571. The normalized spacial score (nSPS) is 26.9. The van der Waals surface area contributed by atoms with Gasteiger partial charge in [0.05, 0.1) is 36.9 Å². The van der Waals surface area contributed by atoms with E-state index >= 15 is 0 Å². The molecule has 4 heterocycles. The minimum atomic E-state index is -3.06. The molecule has 2 aromatic rings. The molecule has 218 valence electrons. The predicted octanol–water partition coefficient (Wildman–Crippen LogP) is 4.38. The fourth-order valence-electron chi connectivity index (χ4n) is 5.89. The summed E-state index contributed by atoms with van der Waals surface area (Å²) in [6.45, 7) is 5.14. The van der Waals surface area contributed by atoms with Crippen molar-refractivity contribution in [2.75, 3.05) is 25.6 Å². The van der Waals surface area contributed by atoms with Gasteiger partial charge < -0.3 is 29.5 Å². The van der Waals surface area contributed by atoms with Gasteiger partial charge in [-0.2, -0.15) is 13.8 Å². The molecule has 0 saturated carbocycles. The maximum absolute atomic E-state index is 14.4. The lowest BCUT2D eigenvalue weighted by molar-refractivity contribution is -0.161. The van der Waals surface area contributed by atoms with Crippen molar-refractivity contribution in [2.45, 2.75) is 65.3 Å². The molecular formula is C28H36F2N4O6. The Morgan fingerprint density at radius 1 is 1.18 bits per heavy atom. The van der Waals surface area contributed by atoms with Crippen LogP contribution in [0, 0.1) is 16.7 Å². The van der Waals surface area contributed by atoms with Gasteiger partial charge in [-0.05, 0) is 37.3 Å². The minimum Gasteiger partial charge on any atom is -0.481 e. The monoisotopic (exact) mass is 562 g/mol. The highest BCUT2D eigenvalue weighted by Gasteiger charge is 2.60. The zero-order chi connectivity index (χ0) is 29.2. The first-order valence-electron chi connectivity index (χ1n) is 13.2. The van der Waals surface area contributed by atoms with Crippen LogP contribution in [0.4, 0.5) is 14.6 Å². The number of carboxylic acid groups (broad SMARTS) is 1. The first kappa shape index (κ1) is 29.4. The number of carboxylic acids is 1. The van der Waals surface area contributed by atoms with E-state index in [9.17, 15) is 23.5 Å². The second-order valence-electron chi connectivity index (χ2n) is 11.6. The Morgan fingerprint density at radius 2 is 1.88 bits per heavy atom. The number of ether oxygens (including phenoxy) is 3. The molecule has 0 bridgehead atoms. The van der Waals surface area contributed by atoms with Gasteiger partial charge in [0.25, 0.3) is 0 Å². The fourth-order valence-corrected chi connectivity index (χ4v) is 5.89. The van der Waals surface area contributed by atoms with Crippen molar-refractivity contribution in [3.63, 3.8) is 0 Å². The molecule has 2 fully saturated rings. The minimum absolute atomic E-state index is 0.166. The molecule has 0 spiro atoms. The number of anilines is 1. The van der Waals surface area contributed by atoms with Gasteiger partial charge in [0, 0.05) is 24.7 Å². The van der Waals surface area contributed by atoms with Crippen LogP contribution in [-0.4, -0.2) is 70.9 Å². The van der Waals surface area contributed by atoms with Crippen molar-refractivity contribution in [3.05, 3.63) is 42.1 Å². The number of pyridine rings is 2.